The molecule has 0 aliphatic heterocycles. The van der Waals surface area contributed by atoms with Crippen LogP contribution in [0.4, 0.5) is 0 Å². The zero-order chi connectivity index (χ0) is 48.6. The predicted molar refractivity (Wildman–Crippen MR) is 288 cm³/mol. The van der Waals surface area contributed by atoms with Gasteiger partial charge in [-0.3, -0.25) is 14.4 Å². The second-order valence-electron chi connectivity index (χ2n) is 17.4. The van der Waals surface area contributed by atoms with E-state index in [4.69, 9.17) is 14.2 Å². The quantitative estimate of drug-likeness (QED) is 0.0262. The first kappa shape index (κ1) is 62.8. The van der Waals surface area contributed by atoms with Gasteiger partial charge in [0.05, 0.1) is 0 Å². The standard InChI is InChI=1S/C61H98O6/c1-4-7-10-13-16-19-22-25-28-30-33-35-38-41-44-47-50-53-59(62)65-56-58(67-61(64)55-52-49-46-43-40-37-32-27-24-21-18-15-12-9-6-3)57-66-60(63)54-51-48-45-42-39-36-34-31-29-26-23-20-17-14-11-8-5-2/h7,10,16-17,19-21,24-26,28-29,33-36,41-42,44-45,58H,4-6,8-9,11-15,18,22-23,27,30-32,37-40,43,46-57H2,1-3H3/b10-7-,19-16-,20-17-,24-21-,28-25-,29-26-,35-33-,36-34-,44-41-,45-42-/t58-/m1/s1. The van der Waals surface area contributed by atoms with Gasteiger partial charge in [-0.25, -0.2) is 0 Å². The first-order chi connectivity index (χ1) is 33.0. The number of hydrogen-bond donors (Lipinski definition) is 0. The van der Waals surface area contributed by atoms with Crippen molar-refractivity contribution in [1.29, 1.82) is 0 Å². The molecule has 67 heavy (non-hydrogen) atoms. The van der Waals surface area contributed by atoms with Crippen molar-refractivity contribution < 1.29 is 28.6 Å². The normalized spacial score (nSPS) is 13.1. The summed E-state index contributed by atoms with van der Waals surface area (Å²) < 4.78 is 16.7. The van der Waals surface area contributed by atoms with Gasteiger partial charge < -0.3 is 14.2 Å². The molecule has 6 nitrogen and oxygen atoms in total. The molecule has 0 radical (unpaired) electrons. The second kappa shape index (κ2) is 54.4. The number of allylic oxidation sites excluding steroid dienone is 20. The van der Waals surface area contributed by atoms with Gasteiger partial charge in [-0.2, -0.15) is 0 Å². The first-order valence-electron chi connectivity index (χ1n) is 27.0. The lowest BCUT2D eigenvalue weighted by atomic mass is 10.1. The van der Waals surface area contributed by atoms with Gasteiger partial charge in [0.2, 0.25) is 0 Å². The summed E-state index contributed by atoms with van der Waals surface area (Å²) in [5, 5.41) is 0. The van der Waals surface area contributed by atoms with Crippen LogP contribution in [0, 0.1) is 0 Å². The monoisotopic (exact) mass is 927 g/mol. The van der Waals surface area contributed by atoms with Crippen molar-refractivity contribution in [2.75, 3.05) is 13.2 Å². The molecule has 0 aliphatic carbocycles. The number of esters is 3. The Hall–Kier alpha value is -4.19. The molecule has 0 fully saturated rings. The molecule has 0 amide bonds. The van der Waals surface area contributed by atoms with E-state index >= 15 is 0 Å². The fraction of sp³-hybridized carbons (Fsp3) is 0.623. The Morgan fingerprint density at radius 3 is 1.00 bits per heavy atom. The van der Waals surface area contributed by atoms with E-state index in [1.165, 1.54) is 89.9 Å². The van der Waals surface area contributed by atoms with E-state index in [0.29, 0.717) is 19.3 Å². The molecular formula is C61H98O6. The molecule has 0 saturated carbocycles. The van der Waals surface area contributed by atoms with Crippen molar-refractivity contribution in [3.8, 4) is 0 Å². The molecule has 0 aromatic rings. The second-order valence-corrected chi connectivity index (χ2v) is 17.4. The van der Waals surface area contributed by atoms with Crippen LogP contribution in [0.1, 0.15) is 226 Å². The Kier molecular flexibility index (Phi) is 51.0. The minimum absolute atomic E-state index is 0.129. The van der Waals surface area contributed by atoms with Crippen molar-refractivity contribution in [3.63, 3.8) is 0 Å². The van der Waals surface area contributed by atoms with Gasteiger partial charge in [0.25, 0.3) is 0 Å². The Morgan fingerprint density at radius 1 is 0.313 bits per heavy atom. The minimum atomic E-state index is -0.828. The van der Waals surface area contributed by atoms with Crippen molar-refractivity contribution in [1.82, 2.24) is 0 Å². The molecule has 0 heterocycles. The lowest BCUT2D eigenvalue weighted by Gasteiger charge is -2.18. The summed E-state index contributed by atoms with van der Waals surface area (Å²) in [5.74, 6) is -1.05. The van der Waals surface area contributed by atoms with Crippen molar-refractivity contribution in [2.45, 2.75) is 232 Å². The summed E-state index contributed by atoms with van der Waals surface area (Å²) in [6.45, 7) is 6.37. The van der Waals surface area contributed by atoms with Gasteiger partial charge in [-0.15, -0.1) is 0 Å². The maximum atomic E-state index is 12.8. The van der Waals surface area contributed by atoms with Crippen LogP contribution in [0.15, 0.2) is 122 Å². The summed E-state index contributed by atoms with van der Waals surface area (Å²) in [4.78, 5) is 38.0. The van der Waals surface area contributed by atoms with Gasteiger partial charge in [0.1, 0.15) is 13.2 Å². The lowest BCUT2D eigenvalue weighted by molar-refractivity contribution is -0.167. The fourth-order valence-corrected chi connectivity index (χ4v) is 6.88. The molecule has 0 N–H and O–H groups in total. The average Bonchev–Trinajstić information content (AvgIpc) is 3.33. The summed E-state index contributed by atoms with van der Waals surface area (Å²) in [6, 6.07) is 0. The summed E-state index contributed by atoms with van der Waals surface area (Å²) in [5.41, 5.74) is 0. The number of ether oxygens (including phenoxy) is 3. The van der Waals surface area contributed by atoms with E-state index in [1.54, 1.807) is 0 Å². The third-order valence-electron chi connectivity index (χ3n) is 10.9. The number of carbonyl (C=O) groups excluding carboxylic acids is 3. The van der Waals surface area contributed by atoms with E-state index in [9.17, 15) is 14.4 Å². The van der Waals surface area contributed by atoms with Gasteiger partial charge in [-0.1, -0.05) is 206 Å². The molecule has 0 bridgehead atoms. The number of unbranched alkanes of at least 4 members (excludes halogenated alkanes) is 16. The van der Waals surface area contributed by atoms with Crippen LogP contribution in [0.5, 0.6) is 0 Å². The summed E-state index contributed by atoms with van der Waals surface area (Å²) in [6.07, 6.45) is 74.8. The van der Waals surface area contributed by atoms with E-state index in [-0.39, 0.29) is 44.0 Å². The Balaban J connectivity index is 4.59. The zero-order valence-corrected chi connectivity index (χ0v) is 43.1. The van der Waals surface area contributed by atoms with Crippen molar-refractivity contribution in [3.05, 3.63) is 122 Å². The van der Waals surface area contributed by atoms with Gasteiger partial charge in [-0.05, 0) is 122 Å². The summed E-state index contributed by atoms with van der Waals surface area (Å²) >= 11 is 0. The maximum absolute atomic E-state index is 12.8. The SMILES string of the molecule is CC/C=C\C/C=C\C/C=C\C/C=C\C/C=C\CCCC(=O)OC[C@H](COC(=O)CCC/C=C\C/C=C\C/C=C\C/C=C\CCCCC)OC(=O)CCCCCCCCC/C=C\CCCCCC. The van der Waals surface area contributed by atoms with Gasteiger partial charge >= 0.3 is 17.9 Å². The molecule has 6 heteroatoms. The molecule has 378 valence electrons. The zero-order valence-electron chi connectivity index (χ0n) is 43.1. The Bertz CT molecular complexity index is 1440. The number of carbonyl (C=O) groups is 3. The van der Waals surface area contributed by atoms with Gasteiger partial charge in [0.15, 0.2) is 6.10 Å². The molecule has 0 aromatic heterocycles. The van der Waals surface area contributed by atoms with Crippen LogP contribution >= 0.6 is 0 Å². The van der Waals surface area contributed by atoms with E-state index < -0.39 is 6.10 Å². The van der Waals surface area contributed by atoms with Crippen LogP contribution in [-0.4, -0.2) is 37.2 Å². The Morgan fingerprint density at radius 2 is 0.597 bits per heavy atom. The van der Waals surface area contributed by atoms with Crippen LogP contribution < -0.4 is 0 Å². The topological polar surface area (TPSA) is 78.9 Å². The number of hydrogen-bond acceptors (Lipinski definition) is 6. The molecule has 0 aromatic carbocycles. The molecule has 0 aliphatic rings. The van der Waals surface area contributed by atoms with Crippen molar-refractivity contribution in [2.24, 2.45) is 0 Å². The highest BCUT2D eigenvalue weighted by atomic mass is 16.6. The number of rotatable bonds is 47. The third kappa shape index (κ3) is 52.6. The highest BCUT2D eigenvalue weighted by Crippen LogP contribution is 2.13. The molecule has 0 rings (SSSR count). The average molecular weight is 927 g/mol. The molecular weight excluding hydrogens is 829 g/mol. The maximum Gasteiger partial charge on any atom is 0.306 e. The third-order valence-corrected chi connectivity index (χ3v) is 10.9. The van der Waals surface area contributed by atoms with Crippen LogP contribution in [0.25, 0.3) is 0 Å². The molecule has 1 atom stereocenters. The molecule has 0 spiro atoms. The predicted octanol–water partition coefficient (Wildman–Crippen LogP) is 18.1. The molecule has 0 unspecified atom stereocenters. The highest BCUT2D eigenvalue weighted by molar-refractivity contribution is 5.71. The van der Waals surface area contributed by atoms with E-state index in [2.05, 4.69) is 142 Å². The Labute approximate surface area is 412 Å². The van der Waals surface area contributed by atoms with Crippen LogP contribution in [0.3, 0.4) is 0 Å². The van der Waals surface area contributed by atoms with E-state index in [1.807, 2.05) is 0 Å². The fourth-order valence-electron chi connectivity index (χ4n) is 6.88. The molecule has 0 saturated heterocycles. The van der Waals surface area contributed by atoms with Gasteiger partial charge in [0, 0.05) is 19.3 Å². The van der Waals surface area contributed by atoms with Crippen molar-refractivity contribution >= 4 is 17.9 Å². The highest BCUT2D eigenvalue weighted by Gasteiger charge is 2.19. The first-order valence-corrected chi connectivity index (χ1v) is 27.0. The lowest BCUT2D eigenvalue weighted by Crippen LogP contribution is -2.30. The minimum Gasteiger partial charge on any atom is -0.462 e. The summed E-state index contributed by atoms with van der Waals surface area (Å²) in [7, 11) is 0. The largest absolute Gasteiger partial charge is 0.462 e. The van der Waals surface area contributed by atoms with Crippen LogP contribution in [-0.2, 0) is 28.6 Å². The smallest absolute Gasteiger partial charge is 0.306 e. The van der Waals surface area contributed by atoms with E-state index in [0.717, 1.165) is 83.5 Å². The van der Waals surface area contributed by atoms with Crippen LogP contribution in [0.2, 0.25) is 0 Å².